The number of aromatic nitrogens is 5. The number of hydrogen-bond acceptors (Lipinski definition) is 6. The van der Waals surface area contributed by atoms with Crippen LogP contribution in [-0.4, -0.2) is 30.8 Å². The Hall–Kier alpha value is -3.81. The second kappa shape index (κ2) is 6.36. The molecule has 3 heterocycles. The molecule has 0 aliphatic heterocycles. The minimum atomic E-state index is -0.403. The van der Waals surface area contributed by atoms with Gasteiger partial charge in [0.2, 0.25) is 0 Å². The quantitative estimate of drug-likeness (QED) is 0.616. The predicted molar refractivity (Wildman–Crippen MR) is 89.0 cm³/mol. The molecule has 8 nitrogen and oxygen atoms in total. The molecule has 0 aliphatic rings. The predicted octanol–water partition coefficient (Wildman–Crippen LogP) is 2.57. The lowest BCUT2D eigenvalue weighted by Gasteiger charge is -2.07. The van der Waals surface area contributed by atoms with Crippen LogP contribution in [0.4, 0.5) is 5.69 Å². The van der Waals surface area contributed by atoms with Gasteiger partial charge in [-0.2, -0.15) is 5.10 Å². The van der Waals surface area contributed by atoms with Gasteiger partial charge in [0.05, 0.1) is 5.69 Å². The molecule has 0 saturated heterocycles. The number of anilines is 1. The molecule has 0 spiro atoms. The number of nitrogens with one attached hydrogen (secondary N) is 1. The summed E-state index contributed by atoms with van der Waals surface area (Å²) in [5, 5.41) is 10.6. The number of rotatable bonds is 4. The van der Waals surface area contributed by atoms with Crippen LogP contribution in [0.2, 0.25) is 0 Å². The maximum atomic E-state index is 12.5. The Labute approximate surface area is 142 Å². The van der Waals surface area contributed by atoms with Gasteiger partial charge in [-0.25, -0.2) is 14.6 Å². The van der Waals surface area contributed by atoms with E-state index < -0.39 is 5.91 Å². The molecule has 4 rings (SSSR count). The third kappa shape index (κ3) is 3.00. The summed E-state index contributed by atoms with van der Waals surface area (Å²) >= 11 is 0. The summed E-state index contributed by atoms with van der Waals surface area (Å²) in [7, 11) is 0. The molecule has 8 heteroatoms. The van der Waals surface area contributed by atoms with Crippen molar-refractivity contribution in [1.29, 1.82) is 0 Å². The smallest absolute Gasteiger partial charge is 0.277 e. The fourth-order valence-electron chi connectivity index (χ4n) is 2.30. The van der Waals surface area contributed by atoms with Crippen molar-refractivity contribution in [3.63, 3.8) is 0 Å². The molecule has 0 fully saturated rings. The van der Waals surface area contributed by atoms with E-state index in [4.69, 9.17) is 4.52 Å². The fourth-order valence-corrected chi connectivity index (χ4v) is 2.30. The summed E-state index contributed by atoms with van der Waals surface area (Å²) in [6.45, 7) is 0. The number of hydrogen-bond donors (Lipinski definition) is 1. The van der Waals surface area contributed by atoms with Crippen molar-refractivity contribution in [3.05, 3.63) is 73.1 Å². The topological polar surface area (TPSA) is 98.7 Å². The van der Waals surface area contributed by atoms with Crippen LogP contribution in [0.25, 0.3) is 17.1 Å². The molecule has 0 aliphatic carbocycles. The van der Waals surface area contributed by atoms with Crippen molar-refractivity contribution in [3.8, 4) is 17.1 Å². The van der Waals surface area contributed by atoms with E-state index in [0.29, 0.717) is 17.3 Å². The molecule has 1 amide bonds. The minimum absolute atomic E-state index is 0.173. The molecule has 1 aromatic carbocycles. The molecule has 0 bridgehead atoms. The summed E-state index contributed by atoms with van der Waals surface area (Å²) in [4.78, 5) is 20.6. The van der Waals surface area contributed by atoms with Crippen LogP contribution < -0.4 is 5.32 Å². The highest BCUT2D eigenvalue weighted by Gasteiger charge is 2.16. The second-order valence-electron chi connectivity index (χ2n) is 5.11. The van der Waals surface area contributed by atoms with Gasteiger partial charge < -0.3 is 9.84 Å². The zero-order valence-corrected chi connectivity index (χ0v) is 12.9. The van der Waals surface area contributed by atoms with Crippen molar-refractivity contribution >= 4 is 11.6 Å². The maximum absolute atomic E-state index is 12.5. The van der Waals surface area contributed by atoms with E-state index in [0.717, 1.165) is 5.56 Å². The monoisotopic (exact) mass is 332 g/mol. The highest BCUT2D eigenvalue weighted by molar-refractivity contribution is 6.04. The molecule has 122 valence electrons. The summed E-state index contributed by atoms with van der Waals surface area (Å²) < 4.78 is 6.72. The van der Waals surface area contributed by atoms with Gasteiger partial charge in [-0.1, -0.05) is 35.5 Å². The zero-order valence-electron chi connectivity index (χ0n) is 12.9. The Bertz CT molecular complexity index is 995. The fraction of sp³-hybridized carbons (Fsp3) is 0. The first-order chi connectivity index (χ1) is 12.3. The van der Waals surface area contributed by atoms with E-state index >= 15 is 0 Å². The van der Waals surface area contributed by atoms with Crippen LogP contribution in [0.15, 0.2) is 71.9 Å². The number of pyridine rings is 1. The lowest BCUT2D eigenvalue weighted by Crippen LogP contribution is -2.15. The number of benzene rings is 1. The molecule has 3 aromatic heterocycles. The van der Waals surface area contributed by atoms with E-state index in [1.807, 2.05) is 30.3 Å². The van der Waals surface area contributed by atoms with Gasteiger partial charge in [0.15, 0.2) is 17.3 Å². The van der Waals surface area contributed by atoms with Crippen molar-refractivity contribution in [2.45, 2.75) is 0 Å². The molecule has 1 N–H and O–H groups in total. The largest absolute Gasteiger partial charge is 0.355 e. The Morgan fingerprint density at radius 1 is 1.12 bits per heavy atom. The van der Waals surface area contributed by atoms with Crippen LogP contribution in [0.5, 0.6) is 0 Å². The molecular weight excluding hydrogens is 320 g/mol. The molecule has 0 saturated carbocycles. The Morgan fingerprint density at radius 2 is 2.00 bits per heavy atom. The average molecular weight is 332 g/mol. The second-order valence-corrected chi connectivity index (χ2v) is 5.11. The molecule has 0 unspecified atom stereocenters. The van der Waals surface area contributed by atoms with Gasteiger partial charge in [-0.3, -0.25) is 4.79 Å². The zero-order chi connectivity index (χ0) is 17.1. The summed E-state index contributed by atoms with van der Waals surface area (Å²) in [5.41, 5.74) is 1.51. The van der Waals surface area contributed by atoms with Crippen LogP contribution >= 0.6 is 0 Å². The van der Waals surface area contributed by atoms with Crippen LogP contribution in [0, 0.1) is 0 Å². The SMILES string of the molecule is O=C(Nc1cccnc1-n1cncn1)c1cc(-c2ccccc2)on1. The summed E-state index contributed by atoms with van der Waals surface area (Å²) in [6.07, 6.45) is 4.50. The van der Waals surface area contributed by atoms with E-state index in [9.17, 15) is 4.79 Å². The highest BCUT2D eigenvalue weighted by Crippen LogP contribution is 2.21. The van der Waals surface area contributed by atoms with Crippen molar-refractivity contribution < 1.29 is 9.32 Å². The van der Waals surface area contributed by atoms with Gasteiger partial charge in [0.25, 0.3) is 5.91 Å². The Morgan fingerprint density at radius 3 is 2.80 bits per heavy atom. The maximum Gasteiger partial charge on any atom is 0.277 e. The average Bonchev–Trinajstić information content (AvgIpc) is 3.35. The number of nitrogens with zero attached hydrogens (tertiary/aromatic N) is 5. The van der Waals surface area contributed by atoms with E-state index in [-0.39, 0.29) is 5.69 Å². The van der Waals surface area contributed by atoms with Crippen LogP contribution in [0.1, 0.15) is 10.5 Å². The first kappa shape index (κ1) is 14.8. The summed E-state index contributed by atoms with van der Waals surface area (Å²) in [5.74, 6) is 0.578. The standard InChI is InChI=1S/C17H12N6O2/c24-17(14-9-15(25-22-14)12-5-2-1-3-6-12)21-13-7-4-8-19-16(13)23-11-18-10-20-23/h1-11H,(H,21,24). The Kier molecular flexibility index (Phi) is 3.76. The third-order valence-corrected chi connectivity index (χ3v) is 3.47. The normalized spacial score (nSPS) is 10.6. The number of carbonyl (C=O) groups excluding carboxylic acids is 1. The molecule has 0 radical (unpaired) electrons. The van der Waals surface area contributed by atoms with E-state index in [1.165, 1.54) is 17.3 Å². The highest BCUT2D eigenvalue weighted by atomic mass is 16.5. The van der Waals surface area contributed by atoms with E-state index in [1.54, 1.807) is 24.4 Å². The van der Waals surface area contributed by atoms with Crippen molar-refractivity contribution in [2.75, 3.05) is 5.32 Å². The third-order valence-electron chi connectivity index (χ3n) is 3.47. The molecule has 4 aromatic rings. The van der Waals surface area contributed by atoms with Gasteiger partial charge in [0.1, 0.15) is 12.7 Å². The summed E-state index contributed by atoms with van der Waals surface area (Å²) in [6, 6.07) is 14.5. The van der Waals surface area contributed by atoms with Crippen molar-refractivity contribution in [1.82, 2.24) is 24.9 Å². The number of amides is 1. The lowest BCUT2D eigenvalue weighted by molar-refractivity contribution is 0.101. The van der Waals surface area contributed by atoms with Crippen LogP contribution in [0.3, 0.4) is 0 Å². The first-order valence-electron chi connectivity index (χ1n) is 7.45. The molecule has 25 heavy (non-hydrogen) atoms. The van der Waals surface area contributed by atoms with Gasteiger partial charge in [-0.05, 0) is 12.1 Å². The molecular formula is C17H12N6O2. The Balaban J connectivity index is 1.59. The lowest BCUT2D eigenvalue weighted by atomic mass is 10.1. The van der Waals surface area contributed by atoms with E-state index in [2.05, 4.69) is 25.5 Å². The van der Waals surface area contributed by atoms with Crippen molar-refractivity contribution in [2.24, 2.45) is 0 Å². The molecule has 0 atom stereocenters. The minimum Gasteiger partial charge on any atom is -0.355 e. The van der Waals surface area contributed by atoms with Gasteiger partial charge in [-0.15, -0.1) is 0 Å². The van der Waals surface area contributed by atoms with Gasteiger partial charge >= 0.3 is 0 Å². The number of carbonyl (C=O) groups is 1. The van der Waals surface area contributed by atoms with Crippen LogP contribution in [-0.2, 0) is 0 Å². The van der Waals surface area contributed by atoms with Gasteiger partial charge in [0, 0.05) is 17.8 Å². The first-order valence-corrected chi connectivity index (χ1v) is 7.45.